The number of hydrogen-bond acceptors (Lipinski definition) is 4. The molecule has 0 aliphatic carbocycles. The summed E-state index contributed by atoms with van der Waals surface area (Å²) >= 11 is 0. The molecule has 0 spiro atoms. The first-order valence-electron chi connectivity index (χ1n) is 10.4. The van der Waals surface area contributed by atoms with Gasteiger partial charge in [0.15, 0.2) is 0 Å². The molecule has 0 atom stereocenters. The number of fused-ring (bicyclic) bond motifs is 1. The standard InChI is InChI=1S/C28H22O4/c29-24-12-11-22-15-27(32-28(22)16-24)23-13-25(30-18-20-7-3-1-4-8-20)17-26(14-23)31-19-21-9-5-2-6-10-21/h1-17,29H,18-19H2. The minimum Gasteiger partial charge on any atom is -0.508 e. The van der Waals surface area contributed by atoms with E-state index in [9.17, 15) is 5.11 Å². The molecule has 4 nitrogen and oxygen atoms in total. The van der Waals surface area contributed by atoms with Crippen LogP contribution in [-0.4, -0.2) is 5.11 Å². The second-order valence-electron chi connectivity index (χ2n) is 7.57. The van der Waals surface area contributed by atoms with Gasteiger partial charge in [-0.1, -0.05) is 60.7 Å². The summed E-state index contributed by atoms with van der Waals surface area (Å²) in [6.45, 7) is 0.910. The highest BCUT2D eigenvalue weighted by atomic mass is 16.5. The number of hydrogen-bond donors (Lipinski definition) is 1. The average Bonchev–Trinajstić information content (AvgIpc) is 3.26. The molecule has 1 heterocycles. The quantitative estimate of drug-likeness (QED) is 0.308. The van der Waals surface area contributed by atoms with Gasteiger partial charge in [-0.05, 0) is 41.5 Å². The monoisotopic (exact) mass is 422 g/mol. The van der Waals surface area contributed by atoms with Gasteiger partial charge in [0, 0.05) is 23.1 Å². The lowest BCUT2D eigenvalue weighted by Gasteiger charge is -2.12. The summed E-state index contributed by atoms with van der Waals surface area (Å²) in [5, 5.41) is 10.7. The maximum atomic E-state index is 9.75. The van der Waals surface area contributed by atoms with Gasteiger partial charge >= 0.3 is 0 Å². The summed E-state index contributed by atoms with van der Waals surface area (Å²) in [4.78, 5) is 0. The Kier molecular flexibility index (Phi) is 5.50. The van der Waals surface area contributed by atoms with Crippen molar-refractivity contribution >= 4 is 11.0 Å². The molecular weight excluding hydrogens is 400 g/mol. The van der Waals surface area contributed by atoms with Gasteiger partial charge in [-0.2, -0.15) is 0 Å². The molecule has 32 heavy (non-hydrogen) atoms. The number of rotatable bonds is 7. The predicted molar refractivity (Wildman–Crippen MR) is 125 cm³/mol. The van der Waals surface area contributed by atoms with E-state index in [0.29, 0.717) is 36.1 Å². The normalized spacial score (nSPS) is 10.9. The molecule has 0 radical (unpaired) electrons. The van der Waals surface area contributed by atoms with Gasteiger partial charge in [0.1, 0.15) is 41.8 Å². The third-order valence-corrected chi connectivity index (χ3v) is 5.16. The van der Waals surface area contributed by atoms with Crippen molar-refractivity contribution in [2.24, 2.45) is 0 Å². The molecule has 0 saturated heterocycles. The van der Waals surface area contributed by atoms with Gasteiger partial charge < -0.3 is 19.0 Å². The molecule has 0 bridgehead atoms. The molecular formula is C28H22O4. The van der Waals surface area contributed by atoms with Crippen LogP contribution in [0.15, 0.2) is 108 Å². The van der Waals surface area contributed by atoms with Crippen molar-refractivity contribution in [3.8, 4) is 28.6 Å². The van der Waals surface area contributed by atoms with Crippen LogP contribution < -0.4 is 9.47 Å². The van der Waals surface area contributed by atoms with Crippen molar-refractivity contribution in [2.45, 2.75) is 13.2 Å². The van der Waals surface area contributed by atoms with Crippen molar-refractivity contribution < 1.29 is 19.0 Å². The van der Waals surface area contributed by atoms with Crippen molar-refractivity contribution in [3.05, 3.63) is 114 Å². The lowest BCUT2D eigenvalue weighted by molar-refractivity contribution is 0.290. The summed E-state index contributed by atoms with van der Waals surface area (Å²) in [7, 11) is 0. The summed E-state index contributed by atoms with van der Waals surface area (Å²) in [6, 6.07) is 32.9. The van der Waals surface area contributed by atoms with E-state index in [1.807, 2.05) is 91.0 Å². The fourth-order valence-corrected chi connectivity index (χ4v) is 3.52. The Morgan fingerprint density at radius 1 is 0.625 bits per heavy atom. The molecule has 0 aliphatic heterocycles. The zero-order valence-corrected chi connectivity index (χ0v) is 17.4. The molecule has 4 aromatic carbocycles. The predicted octanol–water partition coefficient (Wildman–Crippen LogP) is 6.96. The van der Waals surface area contributed by atoms with Gasteiger partial charge in [-0.15, -0.1) is 0 Å². The number of phenolic OH excluding ortho intramolecular Hbond substituents is 1. The average molecular weight is 422 g/mol. The molecule has 0 unspecified atom stereocenters. The van der Waals surface area contributed by atoms with Crippen LogP contribution in [0.4, 0.5) is 0 Å². The first-order valence-corrected chi connectivity index (χ1v) is 10.4. The third kappa shape index (κ3) is 4.60. The van der Waals surface area contributed by atoms with Crippen molar-refractivity contribution in [1.82, 2.24) is 0 Å². The van der Waals surface area contributed by atoms with Crippen LogP contribution in [-0.2, 0) is 13.2 Å². The number of aromatic hydroxyl groups is 1. The Morgan fingerprint density at radius 2 is 1.22 bits per heavy atom. The van der Waals surface area contributed by atoms with Gasteiger partial charge in [0.25, 0.3) is 0 Å². The fourth-order valence-electron chi connectivity index (χ4n) is 3.52. The van der Waals surface area contributed by atoms with E-state index in [2.05, 4.69) is 0 Å². The third-order valence-electron chi connectivity index (χ3n) is 5.16. The van der Waals surface area contributed by atoms with Crippen LogP contribution in [0.5, 0.6) is 17.2 Å². The van der Waals surface area contributed by atoms with Crippen LogP contribution in [0.2, 0.25) is 0 Å². The molecule has 1 aromatic heterocycles. The largest absolute Gasteiger partial charge is 0.508 e. The highest BCUT2D eigenvalue weighted by Gasteiger charge is 2.11. The lowest BCUT2D eigenvalue weighted by atomic mass is 10.1. The highest BCUT2D eigenvalue weighted by molar-refractivity contribution is 5.84. The Balaban J connectivity index is 1.46. The summed E-state index contributed by atoms with van der Waals surface area (Å²) in [5.41, 5.74) is 3.64. The first-order chi connectivity index (χ1) is 15.7. The van der Waals surface area contributed by atoms with E-state index in [4.69, 9.17) is 13.9 Å². The van der Waals surface area contributed by atoms with Crippen LogP contribution >= 0.6 is 0 Å². The van der Waals surface area contributed by atoms with Gasteiger partial charge in [0.2, 0.25) is 0 Å². The van der Waals surface area contributed by atoms with Crippen molar-refractivity contribution in [2.75, 3.05) is 0 Å². The molecule has 0 aliphatic rings. The van der Waals surface area contributed by atoms with Crippen molar-refractivity contribution in [3.63, 3.8) is 0 Å². The second kappa shape index (κ2) is 8.90. The van der Waals surface area contributed by atoms with E-state index >= 15 is 0 Å². The molecule has 158 valence electrons. The van der Waals surface area contributed by atoms with E-state index in [1.54, 1.807) is 12.1 Å². The van der Waals surface area contributed by atoms with Gasteiger partial charge in [0.05, 0.1) is 0 Å². The van der Waals surface area contributed by atoms with Crippen LogP contribution in [0.3, 0.4) is 0 Å². The minimum atomic E-state index is 0.172. The number of benzene rings is 4. The number of phenols is 1. The number of furan rings is 1. The van der Waals surface area contributed by atoms with E-state index in [-0.39, 0.29) is 5.75 Å². The van der Waals surface area contributed by atoms with Crippen LogP contribution in [0.25, 0.3) is 22.3 Å². The summed E-state index contributed by atoms with van der Waals surface area (Å²) < 4.78 is 18.2. The fraction of sp³-hybridized carbons (Fsp3) is 0.0714. The molecule has 5 rings (SSSR count). The molecule has 0 fully saturated rings. The second-order valence-corrected chi connectivity index (χ2v) is 7.57. The van der Waals surface area contributed by atoms with E-state index in [0.717, 1.165) is 22.1 Å². The SMILES string of the molecule is Oc1ccc2cc(-c3cc(OCc4ccccc4)cc(OCc4ccccc4)c3)oc2c1. The Morgan fingerprint density at radius 3 is 1.81 bits per heavy atom. The summed E-state index contributed by atoms with van der Waals surface area (Å²) in [5.74, 6) is 2.24. The number of ether oxygens (including phenoxy) is 2. The molecule has 0 amide bonds. The van der Waals surface area contributed by atoms with E-state index in [1.165, 1.54) is 0 Å². The molecule has 1 N–H and O–H groups in total. The minimum absolute atomic E-state index is 0.172. The van der Waals surface area contributed by atoms with Gasteiger partial charge in [-0.25, -0.2) is 0 Å². The zero-order chi connectivity index (χ0) is 21.8. The molecule has 5 aromatic rings. The molecule has 4 heteroatoms. The maximum Gasteiger partial charge on any atom is 0.138 e. The summed E-state index contributed by atoms with van der Waals surface area (Å²) in [6.07, 6.45) is 0. The Bertz CT molecular complexity index is 1260. The maximum absolute atomic E-state index is 9.75. The Hall–Kier alpha value is -4.18. The van der Waals surface area contributed by atoms with Crippen LogP contribution in [0.1, 0.15) is 11.1 Å². The topological polar surface area (TPSA) is 51.8 Å². The highest BCUT2D eigenvalue weighted by Crippen LogP contribution is 2.35. The van der Waals surface area contributed by atoms with E-state index < -0.39 is 0 Å². The first kappa shape index (κ1) is 19.8. The smallest absolute Gasteiger partial charge is 0.138 e. The van der Waals surface area contributed by atoms with Crippen LogP contribution in [0, 0.1) is 0 Å². The Labute approximate surface area is 186 Å². The van der Waals surface area contributed by atoms with Crippen molar-refractivity contribution in [1.29, 1.82) is 0 Å². The lowest BCUT2D eigenvalue weighted by Crippen LogP contribution is -1.98. The van der Waals surface area contributed by atoms with Gasteiger partial charge in [-0.3, -0.25) is 0 Å². The molecule has 0 saturated carbocycles. The zero-order valence-electron chi connectivity index (χ0n) is 17.4.